The molecule has 2 aromatic carbocycles. The number of benzene rings is 2. The van der Waals surface area contributed by atoms with E-state index in [9.17, 15) is 18.0 Å². The number of aryl methyl sites for hydroxylation is 2. The van der Waals surface area contributed by atoms with E-state index in [0.717, 1.165) is 49.6 Å². The Morgan fingerprint density at radius 1 is 1.15 bits per heavy atom. The Labute approximate surface area is 234 Å². The van der Waals surface area contributed by atoms with Crippen LogP contribution in [0.25, 0.3) is 16.7 Å². The van der Waals surface area contributed by atoms with Crippen LogP contribution in [0.15, 0.2) is 30.8 Å². The summed E-state index contributed by atoms with van der Waals surface area (Å²) >= 11 is 13.4. The number of halogens is 5. The zero-order chi connectivity index (χ0) is 28.2. The molecule has 0 amide bonds. The number of carbonyl (C=O) groups is 1. The van der Waals surface area contributed by atoms with Gasteiger partial charge in [-0.25, -0.2) is 4.98 Å². The van der Waals surface area contributed by atoms with E-state index in [1.54, 1.807) is 24.6 Å². The average Bonchev–Trinajstić information content (AvgIpc) is 3.16. The minimum Gasteiger partial charge on any atom is -0.481 e. The number of aliphatic carboxylic acids is 1. The van der Waals surface area contributed by atoms with E-state index < -0.39 is 17.7 Å². The summed E-state index contributed by atoms with van der Waals surface area (Å²) in [5.74, 6) is -0.403. The summed E-state index contributed by atoms with van der Waals surface area (Å²) in [5, 5.41) is 10.0. The summed E-state index contributed by atoms with van der Waals surface area (Å²) in [6.45, 7) is 9.03. The number of hydrogen-bond acceptors (Lipinski definition) is 4. The Kier molecular flexibility index (Phi) is 7.37. The monoisotopic (exact) mass is 580 g/mol. The lowest BCUT2D eigenvalue weighted by Gasteiger charge is -2.46. The van der Waals surface area contributed by atoms with Crippen molar-refractivity contribution in [2.75, 3.05) is 26.2 Å². The fraction of sp³-hybridized carbons (Fsp3) is 0.429. The molecule has 2 heterocycles. The van der Waals surface area contributed by atoms with Gasteiger partial charge < -0.3 is 14.6 Å². The average molecular weight is 581 g/mol. The largest absolute Gasteiger partial charge is 0.481 e. The lowest BCUT2D eigenvalue weighted by molar-refractivity contribution is -0.147. The van der Waals surface area contributed by atoms with Crippen molar-refractivity contribution in [3.8, 4) is 0 Å². The lowest BCUT2D eigenvalue weighted by atomic mass is 9.79. The number of rotatable bonds is 6. The number of aromatic nitrogens is 2. The SMILES string of the molecule is C=C(c1ccc(Cl)c(Cc2nc3c(C)cc(C(F)(F)F)cc3n2C)c1Cl)N1CCN(C2CC(C(=O)O)C2)CC1. The smallest absolute Gasteiger partial charge is 0.416 e. The van der Waals surface area contributed by atoms with Gasteiger partial charge in [-0.1, -0.05) is 29.8 Å². The van der Waals surface area contributed by atoms with Gasteiger partial charge in [0.2, 0.25) is 0 Å². The maximum atomic E-state index is 13.4. The van der Waals surface area contributed by atoms with Crippen LogP contribution in [0.3, 0.4) is 0 Å². The van der Waals surface area contributed by atoms with E-state index in [4.69, 9.17) is 28.3 Å². The van der Waals surface area contributed by atoms with E-state index in [1.165, 1.54) is 0 Å². The Morgan fingerprint density at radius 3 is 2.44 bits per heavy atom. The Morgan fingerprint density at radius 2 is 1.82 bits per heavy atom. The Bertz CT molecular complexity index is 1460. The maximum Gasteiger partial charge on any atom is 0.416 e. The molecule has 208 valence electrons. The summed E-state index contributed by atoms with van der Waals surface area (Å²) in [4.78, 5) is 20.3. The summed E-state index contributed by atoms with van der Waals surface area (Å²) < 4.78 is 41.8. The fourth-order valence-electron chi connectivity index (χ4n) is 5.58. The molecule has 5 rings (SSSR count). The molecule has 11 heteroatoms. The van der Waals surface area contributed by atoms with Gasteiger partial charge >= 0.3 is 12.1 Å². The summed E-state index contributed by atoms with van der Waals surface area (Å²) in [5.41, 5.74) is 2.78. The highest BCUT2D eigenvalue weighted by atomic mass is 35.5. The van der Waals surface area contributed by atoms with Crippen LogP contribution in [-0.4, -0.2) is 62.6 Å². The van der Waals surface area contributed by atoms with Crippen molar-refractivity contribution in [3.63, 3.8) is 0 Å². The van der Waals surface area contributed by atoms with Gasteiger partial charge in [0.15, 0.2) is 0 Å². The van der Waals surface area contributed by atoms with Gasteiger partial charge in [-0.05, 0) is 55.2 Å². The highest BCUT2D eigenvalue weighted by molar-refractivity contribution is 6.37. The molecule has 39 heavy (non-hydrogen) atoms. The van der Waals surface area contributed by atoms with Gasteiger partial charge in [0, 0.05) is 62.0 Å². The van der Waals surface area contributed by atoms with Crippen LogP contribution in [0.4, 0.5) is 13.2 Å². The van der Waals surface area contributed by atoms with E-state index >= 15 is 0 Å². The second-order valence-electron chi connectivity index (χ2n) is 10.4. The summed E-state index contributed by atoms with van der Waals surface area (Å²) in [7, 11) is 1.69. The van der Waals surface area contributed by atoms with Crippen LogP contribution in [0.5, 0.6) is 0 Å². The molecular formula is C28H29Cl2F3N4O2. The topological polar surface area (TPSA) is 61.6 Å². The van der Waals surface area contributed by atoms with Crippen molar-refractivity contribution in [2.24, 2.45) is 13.0 Å². The van der Waals surface area contributed by atoms with Gasteiger partial charge in [0.05, 0.1) is 27.5 Å². The number of alkyl halides is 3. The number of imidazole rings is 1. The first kappa shape index (κ1) is 27.8. The molecule has 0 bridgehead atoms. The molecule has 2 aliphatic rings. The van der Waals surface area contributed by atoms with E-state index in [2.05, 4.69) is 21.4 Å². The van der Waals surface area contributed by atoms with Gasteiger partial charge in [0.25, 0.3) is 0 Å². The molecular weight excluding hydrogens is 552 g/mol. The number of hydrogen-bond donors (Lipinski definition) is 1. The quantitative estimate of drug-likeness (QED) is 0.373. The molecule has 1 aliphatic carbocycles. The normalized spacial score (nSPS) is 20.3. The third-order valence-corrected chi connectivity index (χ3v) is 8.89. The molecule has 0 atom stereocenters. The lowest BCUT2D eigenvalue weighted by Crippen LogP contribution is -2.54. The van der Waals surface area contributed by atoms with E-state index in [0.29, 0.717) is 56.9 Å². The Balaban J connectivity index is 1.34. The second-order valence-corrected chi connectivity index (χ2v) is 11.2. The van der Waals surface area contributed by atoms with Gasteiger partial charge in [-0.3, -0.25) is 9.69 Å². The van der Waals surface area contributed by atoms with Gasteiger partial charge in [-0.2, -0.15) is 13.2 Å². The third-order valence-electron chi connectivity index (χ3n) is 8.10. The van der Waals surface area contributed by atoms with Crippen LogP contribution in [-0.2, 0) is 24.4 Å². The Hall–Kier alpha value is -2.75. The minimum atomic E-state index is -4.45. The van der Waals surface area contributed by atoms with E-state index in [-0.39, 0.29) is 12.3 Å². The maximum absolute atomic E-state index is 13.4. The van der Waals surface area contributed by atoms with Crippen LogP contribution in [0.1, 0.15) is 40.9 Å². The van der Waals surface area contributed by atoms with Crippen LogP contribution in [0.2, 0.25) is 10.0 Å². The van der Waals surface area contributed by atoms with Crippen molar-refractivity contribution < 1.29 is 23.1 Å². The predicted octanol–water partition coefficient (Wildman–Crippen LogP) is 6.25. The molecule has 0 spiro atoms. The number of carboxylic acid groups (broad SMARTS) is 1. The van der Waals surface area contributed by atoms with Crippen molar-refractivity contribution >= 4 is 45.9 Å². The first-order chi connectivity index (χ1) is 18.3. The van der Waals surface area contributed by atoms with Crippen molar-refractivity contribution in [2.45, 2.75) is 38.4 Å². The molecule has 1 N–H and O–H groups in total. The molecule has 0 unspecified atom stereocenters. The first-order valence-corrected chi connectivity index (χ1v) is 13.5. The van der Waals surface area contributed by atoms with Gasteiger partial charge in [-0.15, -0.1) is 0 Å². The zero-order valence-electron chi connectivity index (χ0n) is 21.7. The number of piperazine rings is 1. The van der Waals surface area contributed by atoms with Crippen molar-refractivity contribution in [1.82, 2.24) is 19.4 Å². The van der Waals surface area contributed by atoms with Crippen molar-refractivity contribution in [1.29, 1.82) is 0 Å². The molecule has 3 aromatic rings. The predicted molar refractivity (Wildman–Crippen MR) is 146 cm³/mol. The summed E-state index contributed by atoms with van der Waals surface area (Å²) in [6.07, 6.45) is -2.82. The second kappa shape index (κ2) is 10.3. The van der Waals surface area contributed by atoms with Crippen molar-refractivity contribution in [3.05, 3.63) is 69.0 Å². The molecule has 1 aromatic heterocycles. The molecule has 6 nitrogen and oxygen atoms in total. The van der Waals surface area contributed by atoms with Crippen LogP contribution < -0.4 is 0 Å². The molecule has 0 radical (unpaired) electrons. The molecule has 1 aliphatic heterocycles. The van der Waals surface area contributed by atoms with Gasteiger partial charge in [0.1, 0.15) is 5.82 Å². The minimum absolute atomic E-state index is 0.235. The third kappa shape index (κ3) is 5.24. The summed E-state index contributed by atoms with van der Waals surface area (Å²) in [6, 6.07) is 6.14. The standard InChI is InChI=1S/C28H29Cl2F3N4O2/c1-15-10-18(28(31,32)33)13-23-26(15)34-24(35(23)3)14-21-22(29)5-4-20(25(21)30)16(2)36-6-8-37(9-7-36)19-11-17(12-19)27(38)39/h4-5,10,13,17,19H,2,6-9,11-12,14H2,1,3H3,(H,38,39). The number of carboxylic acids is 1. The number of fused-ring (bicyclic) bond motifs is 1. The molecule has 1 saturated heterocycles. The van der Waals surface area contributed by atoms with Crippen LogP contribution in [0, 0.1) is 12.8 Å². The fourth-order valence-corrected chi connectivity index (χ4v) is 6.20. The van der Waals surface area contributed by atoms with Crippen LogP contribution >= 0.6 is 23.2 Å². The van der Waals surface area contributed by atoms with E-state index in [1.807, 2.05) is 6.07 Å². The molecule has 2 fully saturated rings. The highest BCUT2D eigenvalue weighted by Gasteiger charge is 2.39. The highest BCUT2D eigenvalue weighted by Crippen LogP contribution is 2.38. The molecule has 1 saturated carbocycles. The zero-order valence-corrected chi connectivity index (χ0v) is 23.2. The number of nitrogens with zero attached hydrogens (tertiary/aromatic N) is 4. The first-order valence-electron chi connectivity index (χ1n) is 12.8.